The molecule has 1 aromatic rings. The van der Waals surface area contributed by atoms with Crippen molar-refractivity contribution in [1.29, 1.82) is 0 Å². The molecule has 0 aliphatic heterocycles. The Morgan fingerprint density at radius 1 is 1.29 bits per heavy atom. The van der Waals surface area contributed by atoms with Gasteiger partial charge in [-0.05, 0) is 52.8 Å². The molecule has 1 heterocycles. The summed E-state index contributed by atoms with van der Waals surface area (Å²) in [4.78, 5) is 7.02. The molecule has 2 rings (SSSR count). The number of aromatic nitrogens is 1. The van der Waals surface area contributed by atoms with Gasteiger partial charge in [0.25, 0.3) is 0 Å². The molecule has 0 unspecified atom stereocenters. The van der Waals surface area contributed by atoms with Gasteiger partial charge in [-0.2, -0.15) is 0 Å². The van der Waals surface area contributed by atoms with Crippen LogP contribution >= 0.6 is 0 Å². The molecule has 1 N–H and O–H groups in total. The maximum absolute atomic E-state index is 5.74. The molecule has 0 radical (unpaired) electrons. The SMILES string of the molecule is CN(CCOCc1cccc(CNC(C)(C)C)n1)C1CC1. The van der Waals surface area contributed by atoms with Gasteiger partial charge in [-0.25, -0.2) is 0 Å². The number of nitrogens with zero attached hydrogens (tertiary/aromatic N) is 2. The van der Waals surface area contributed by atoms with Crippen molar-refractivity contribution in [3.05, 3.63) is 29.6 Å². The zero-order valence-electron chi connectivity index (χ0n) is 13.9. The fourth-order valence-corrected chi connectivity index (χ4v) is 2.15. The Hall–Kier alpha value is -0.970. The highest BCUT2D eigenvalue weighted by atomic mass is 16.5. The van der Waals surface area contributed by atoms with Gasteiger partial charge in [0.1, 0.15) is 0 Å². The largest absolute Gasteiger partial charge is 0.374 e. The van der Waals surface area contributed by atoms with Gasteiger partial charge in [-0.15, -0.1) is 0 Å². The van der Waals surface area contributed by atoms with E-state index in [2.05, 4.69) is 55.2 Å². The van der Waals surface area contributed by atoms with E-state index in [0.717, 1.165) is 37.1 Å². The Labute approximate surface area is 128 Å². The summed E-state index contributed by atoms with van der Waals surface area (Å²) in [7, 11) is 2.18. The maximum Gasteiger partial charge on any atom is 0.0888 e. The molecule has 1 fully saturated rings. The second-order valence-corrected chi connectivity index (χ2v) is 6.99. The van der Waals surface area contributed by atoms with Crippen molar-refractivity contribution in [2.75, 3.05) is 20.2 Å². The Morgan fingerprint density at radius 2 is 2.00 bits per heavy atom. The summed E-state index contributed by atoms with van der Waals surface area (Å²) in [5, 5.41) is 3.46. The monoisotopic (exact) mass is 291 g/mol. The van der Waals surface area contributed by atoms with Crippen LogP contribution in [-0.2, 0) is 17.9 Å². The van der Waals surface area contributed by atoms with E-state index in [9.17, 15) is 0 Å². The molecule has 0 aromatic carbocycles. The lowest BCUT2D eigenvalue weighted by atomic mass is 10.1. The molecule has 4 heteroatoms. The third-order valence-electron chi connectivity index (χ3n) is 3.67. The first kappa shape index (κ1) is 16.4. The normalized spacial score (nSPS) is 15.7. The van der Waals surface area contributed by atoms with Crippen LogP contribution in [0.2, 0.25) is 0 Å². The topological polar surface area (TPSA) is 37.4 Å². The minimum absolute atomic E-state index is 0.113. The molecular formula is C17H29N3O. The van der Waals surface area contributed by atoms with Gasteiger partial charge >= 0.3 is 0 Å². The Kier molecular flexibility index (Phi) is 5.73. The molecule has 0 saturated heterocycles. The molecule has 118 valence electrons. The van der Waals surface area contributed by atoms with Crippen molar-refractivity contribution >= 4 is 0 Å². The second-order valence-electron chi connectivity index (χ2n) is 6.99. The summed E-state index contributed by atoms with van der Waals surface area (Å²) in [5.74, 6) is 0. The number of rotatable bonds is 8. The van der Waals surface area contributed by atoms with Gasteiger partial charge in [0.2, 0.25) is 0 Å². The van der Waals surface area contributed by atoms with Crippen LogP contribution in [-0.4, -0.2) is 41.7 Å². The van der Waals surface area contributed by atoms with Gasteiger partial charge in [0, 0.05) is 24.7 Å². The number of pyridine rings is 1. The summed E-state index contributed by atoms with van der Waals surface area (Å²) in [6.45, 7) is 9.67. The highest BCUT2D eigenvalue weighted by Crippen LogP contribution is 2.24. The highest BCUT2D eigenvalue weighted by molar-refractivity contribution is 5.10. The summed E-state index contributed by atoms with van der Waals surface area (Å²) in [6.07, 6.45) is 2.70. The molecular weight excluding hydrogens is 262 g/mol. The number of hydrogen-bond acceptors (Lipinski definition) is 4. The molecule has 1 aliphatic carbocycles. The molecule has 1 aliphatic rings. The standard InChI is InChI=1S/C17H29N3O/c1-17(2,3)18-12-14-6-5-7-15(19-14)13-21-11-10-20(4)16-8-9-16/h5-7,16,18H,8-13H2,1-4H3. The van der Waals surface area contributed by atoms with Crippen molar-refractivity contribution in [3.8, 4) is 0 Å². The predicted molar refractivity (Wildman–Crippen MR) is 86.1 cm³/mol. The summed E-state index contributed by atoms with van der Waals surface area (Å²) in [5.41, 5.74) is 2.19. The van der Waals surface area contributed by atoms with E-state index in [0.29, 0.717) is 6.61 Å². The molecule has 0 bridgehead atoms. The predicted octanol–water partition coefficient (Wildman–Crippen LogP) is 2.58. The third kappa shape index (κ3) is 6.55. The third-order valence-corrected chi connectivity index (χ3v) is 3.67. The molecule has 1 saturated carbocycles. The minimum Gasteiger partial charge on any atom is -0.374 e. The molecule has 0 atom stereocenters. The van der Waals surface area contributed by atoms with Crippen molar-refractivity contribution in [2.24, 2.45) is 0 Å². The maximum atomic E-state index is 5.74. The first-order valence-electron chi connectivity index (χ1n) is 7.92. The quantitative estimate of drug-likeness (QED) is 0.747. The number of nitrogens with one attached hydrogen (secondary N) is 1. The second kappa shape index (κ2) is 7.34. The van der Waals surface area contributed by atoms with E-state index in [4.69, 9.17) is 4.74 Å². The summed E-state index contributed by atoms with van der Waals surface area (Å²) < 4.78 is 5.74. The molecule has 4 nitrogen and oxygen atoms in total. The van der Waals surface area contributed by atoms with Crippen LogP contribution in [0.1, 0.15) is 45.0 Å². The highest BCUT2D eigenvalue weighted by Gasteiger charge is 2.25. The van der Waals surface area contributed by atoms with Crippen LogP contribution < -0.4 is 5.32 Å². The van der Waals surface area contributed by atoms with Crippen molar-refractivity contribution in [1.82, 2.24) is 15.2 Å². The van der Waals surface area contributed by atoms with Gasteiger partial charge in [0.15, 0.2) is 0 Å². The van der Waals surface area contributed by atoms with Crippen LogP contribution in [0.25, 0.3) is 0 Å². The van der Waals surface area contributed by atoms with Gasteiger partial charge in [-0.1, -0.05) is 6.07 Å². The van der Waals surface area contributed by atoms with Gasteiger partial charge in [-0.3, -0.25) is 4.98 Å². The lowest BCUT2D eigenvalue weighted by Gasteiger charge is -2.20. The number of likely N-dealkylation sites (N-methyl/N-ethyl adjacent to an activating group) is 1. The van der Waals surface area contributed by atoms with Crippen molar-refractivity contribution in [3.63, 3.8) is 0 Å². The van der Waals surface area contributed by atoms with Crippen LogP contribution in [0.15, 0.2) is 18.2 Å². The van der Waals surface area contributed by atoms with E-state index in [-0.39, 0.29) is 5.54 Å². The van der Waals surface area contributed by atoms with Crippen LogP contribution in [0.5, 0.6) is 0 Å². The molecule has 0 amide bonds. The van der Waals surface area contributed by atoms with Crippen LogP contribution in [0.3, 0.4) is 0 Å². The van der Waals surface area contributed by atoms with E-state index in [1.807, 2.05) is 6.07 Å². The molecule has 0 spiro atoms. The van der Waals surface area contributed by atoms with Gasteiger partial charge in [0.05, 0.1) is 24.6 Å². The Balaban J connectivity index is 1.70. The number of ether oxygens (including phenoxy) is 1. The van der Waals surface area contributed by atoms with Crippen LogP contribution in [0, 0.1) is 0 Å². The lowest BCUT2D eigenvalue weighted by Crippen LogP contribution is -2.35. The lowest BCUT2D eigenvalue weighted by molar-refractivity contribution is 0.0956. The van der Waals surface area contributed by atoms with E-state index in [1.165, 1.54) is 12.8 Å². The summed E-state index contributed by atoms with van der Waals surface area (Å²) >= 11 is 0. The van der Waals surface area contributed by atoms with Crippen LogP contribution in [0.4, 0.5) is 0 Å². The summed E-state index contributed by atoms with van der Waals surface area (Å²) in [6, 6.07) is 6.95. The first-order chi connectivity index (χ1) is 9.94. The van der Waals surface area contributed by atoms with E-state index >= 15 is 0 Å². The first-order valence-corrected chi connectivity index (χ1v) is 7.92. The minimum atomic E-state index is 0.113. The van der Waals surface area contributed by atoms with Gasteiger partial charge < -0.3 is 15.0 Å². The Morgan fingerprint density at radius 3 is 2.67 bits per heavy atom. The Bertz CT molecular complexity index is 438. The molecule has 1 aromatic heterocycles. The fourth-order valence-electron chi connectivity index (χ4n) is 2.15. The number of hydrogen-bond donors (Lipinski definition) is 1. The fraction of sp³-hybridized carbons (Fsp3) is 0.706. The average Bonchev–Trinajstić information content (AvgIpc) is 3.25. The zero-order valence-corrected chi connectivity index (χ0v) is 13.9. The van der Waals surface area contributed by atoms with E-state index < -0.39 is 0 Å². The molecule has 21 heavy (non-hydrogen) atoms. The average molecular weight is 291 g/mol. The van der Waals surface area contributed by atoms with E-state index in [1.54, 1.807) is 0 Å². The zero-order chi connectivity index (χ0) is 15.3. The smallest absolute Gasteiger partial charge is 0.0888 e. The van der Waals surface area contributed by atoms with Crippen molar-refractivity contribution in [2.45, 2.75) is 58.3 Å². The van der Waals surface area contributed by atoms with Crippen molar-refractivity contribution < 1.29 is 4.74 Å².